The Morgan fingerprint density at radius 3 is 1.51 bits per heavy atom. The van der Waals surface area contributed by atoms with E-state index in [1.165, 1.54) is 42.5 Å². The second-order valence-electron chi connectivity index (χ2n) is 8.10. The van der Waals surface area contributed by atoms with Crippen molar-refractivity contribution in [2.24, 2.45) is 20.5 Å². The van der Waals surface area contributed by atoms with E-state index in [-0.39, 0.29) is 34.3 Å². The molecule has 0 saturated carbocycles. The van der Waals surface area contributed by atoms with E-state index in [0.717, 1.165) is 30.3 Å². The van der Waals surface area contributed by atoms with Crippen LogP contribution in [0.25, 0.3) is 0 Å². The predicted octanol–water partition coefficient (Wildman–Crippen LogP) is 5.43. The first-order valence-electron chi connectivity index (χ1n) is 11.3. The van der Waals surface area contributed by atoms with Crippen LogP contribution in [0.4, 0.5) is 28.4 Å². The average Bonchev–Trinajstić information content (AvgIpc) is 2.91. The smallest absolute Gasteiger partial charge is 0.296 e. The molecule has 4 rings (SSSR count). The molecule has 6 N–H and O–H groups in total. The highest BCUT2D eigenvalue weighted by Crippen LogP contribution is 2.34. The fourth-order valence-electron chi connectivity index (χ4n) is 3.01. The number of rotatable bonds is 7. The van der Waals surface area contributed by atoms with Crippen molar-refractivity contribution in [2.45, 2.75) is 9.79 Å². The molecule has 43 heavy (non-hydrogen) atoms. The van der Waals surface area contributed by atoms with Gasteiger partial charge in [0.2, 0.25) is 0 Å². The molecule has 0 aliphatic heterocycles. The number of hydrogen-bond acceptors (Lipinski definition) is 14. The summed E-state index contributed by atoms with van der Waals surface area (Å²) in [5, 5.41) is 62.4. The maximum Gasteiger partial charge on any atom is 0.296 e. The molecule has 0 aliphatic rings. The van der Waals surface area contributed by atoms with E-state index in [9.17, 15) is 37.2 Å². The van der Waals surface area contributed by atoms with Gasteiger partial charge in [-0.15, -0.1) is 15.3 Å². The number of aromatic hydroxyl groups is 4. The van der Waals surface area contributed by atoms with Gasteiger partial charge in [-0.1, -0.05) is 0 Å². The van der Waals surface area contributed by atoms with E-state index in [1.807, 2.05) is 0 Å². The van der Waals surface area contributed by atoms with Crippen LogP contribution < -0.4 is 0 Å². The second-order valence-corrected chi connectivity index (χ2v) is 10.9. The summed E-state index contributed by atoms with van der Waals surface area (Å²) < 4.78 is 62.9. The fourth-order valence-corrected chi connectivity index (χ4v) is 4.11. The van der Waals surface area contributed by atoms with Crippen molar-refractivity contribution in [1.82, 2.24) is 0 Å². The van der Waals surface area contributed by atoms with Crippen LogP contribution in [-0.4, -0.2) is 51.3 Å². The number of non-ortho nitro benzene ring substituents is 1. The summed E-state index contributed by atoms with van der Waals surface area (Å²) >= 11 is 0. The summed E-state index contributed by atoms with van der Waals surface area (Å²) in [6, 6.07) is 14.9. The number of nitro groups is 1. The minimum atomic E-state index is -4.75. The monoisotopic (exact) mass is 633 g/mol. The molecule has 0 saturated heterocycles. The van der Waals surface area contributed by atoms with Crippen molar-refractivity contribution in [1.29, 1.82) is 0 Å². The van der Waals surface area contributed by atoms with Crippen molar-refractivity contribution >= 4 is 48.7 Å². The molecule has 0 unspecified atom stereocenters. The van der Waals surface area contributed by atoms with Gasteiger partial charge in [-0.05, 0) is 54.6 Å². The number of phenols is 4. The number of azo groups is 2. The van der Waals surface area contributed by atoms with Crippen LogP contribution in [-0.2, 0) is 20.2 Å². The third-order valence-electron chi connectivity index (χ3n) is 5.02. The predicted molar refractivity (Wildman–Crippen MR) is 147 cm³/mol. The molecule has 224 valence electrons. The van der Waals surface area contributed by atoms with Gasteiger partial charge < -0.3 is 20.4 Å². The van der Waals surface area contributed by atoms with Crippen LogP contribution in [0.15, 0.2) is 109 Å². The molecule has 0 radical (unpaired) electrons. The van der Waals surface area contributed by atoms with Gasteiger partial charge >= 0.3 is 0 Å². The van der Waals surface area contributed by atoms with Gasteiger partial charge in [0, 0.05) is 24.3 Å². The lowest BCUT2D eigenvalue weighted by molar-refractivity contribution is -0.384. The van der Waals surface area contributed by atoms with Gasteiger partial charge in [-0.2, -0.15) is 21.9 Å². The van der Waals surface area contributed by atoms with E-state index in [2.05, 4.69) is 20.5 Å². The van der Waals surface area contributed by atoms with E-state index in [1.54, 1.807) is 0 Å². The van der Waals surface area contributed by atoms with E-state index < -0.39 is 46.4 Å². The Morgan fingerprint density at radius 1 is 0.581 bits per heavy atom. The maximum absolute atomic E-state index is 11.3. The second kappa shape index (κ2) is 13.0. The van der Waals surface area contributed by atoms with Crippen LogP contribution in [0, 0.1) is 10.1 Å². The molecule has 4 aromatic carbocycles. The normalized spacial score (nSPS) is 11.8. The van der Waals surface area contributed by atoms with Gasteiger partial charge in [-0.25, -0.2) is 0 Å². The van der Waals surface area contributed by atoms with Gasteiger partial charge in [0.05, 0.1) is 15.5 Å². The van der Waals surface area contributed by atoms with Crippen molar-refractivity contribution in [3.05, 3.63) is 89.0 Å². The van der Waals surface area contributed by atoms with Gasteiger partial charge in [0.1, 0.15) is 45.0 Å². The first-order chi connectivity index (χ1) is 20.0. The number of phenolic OH excluding ortho intramolecular Hbond substituents is 4. The van der Waals surface area contributed by atoms with Gasteiger partial charge in [0.15, 0.2) is 0 Å². The quantitative estimate of drug-likeness (QED) is 0.0643. The van der Waals surface area contributed by atoms with Gasteiger partial charge in [0.25, 0.3) is 25.9 Å². The Bertz CT molecular complexity index is 1950. The van der Waals surface area contributed by atoms with Crippen LogP contribution in [0.2, 0.25) is 0 Å². The lowest BCUT2D eigenvalue weighted by Crippen LogP contribution is -2.02. The Kier molecular flexibility index (Phi) is 9.68. The highest BCUT2D eigenvalue weighted by molar-refractivity contribution is 7.86. The standard InChI is InChI=1S/C12H9N3O4.C12H10N2O8S2/c16-10-5-6-11(12(17)7-10)14-13-8-1-3-9(4-2-8)15(18)19;15-7-1-3-9(11(16)5-7)13-14-10-6-8(23(17,18)19)2-4-12(10)24(20,21)22/h1-7,16-17H;1-6,15-16H,(H,17,18,19)(H,20,21,22). The summed E-state index contributed by atoms with van der Waals surface area (Å²) in [6.45, 7) is 0. The number of nitro benzene ring substituents is 1. The van der Waals surface area contributed by atoms with Crippen LogP contribution in [0.5, 0.6) is 23.0 Å². The molecular weight excluding hydrogens is 614 g/mol. The molecule has 0 heterocycles. The highest BCUT2D eigenvalue weighted by Gasteiger charge is 2.20. The Balaban J connectivity index is 0.000000242. The molecule has 0 fully saturated rings. The van der Waals surface area contributed by atoms with Crippen molar-refractivity contribution in [3.8, 4) is 23.0 Å². The third-order valence-corrected chi connectivity index (χ3v) is 6.77. The molecule has 0 bridgehead atoms. The summed E-state index contributed by atoms with van der Waals surface area (Å²) in [4.78, 5) is 8.54. The summed E-state index contributed by atoms with van der Waals surface area (Å²) in [5.74, 6) is -1.01. The molecule has 0 spiro atoms. The molecule has 0 aliphatic carbocycles. The minimum absolute atomic E-state index is 0.0357. The molecule has 0 amide bonds. The lowest BCUT2D eigenvalue weighted by atomic mass is 10.3. The topological polar surface area (TPSA) is 282 Å². The summed E-state index contributed by atoms with van der Waals surface area (Å²) in [6.07, 6.45) is 0. The lowest BCUT2D eigenvalue weighted by Gasteiger charge is -2.04. The Morgan fingerprint density at radius 2 is 1.07 bits per heavy atom. The van der Waals surface area contributed by atoms with Crippen LogP contribution >= 0.6 is 0 Å². The molecule has 4 aromatic rings. The van der Waals surface area contributed by atoms with Crippen LogP contribution in [0.1, 0.15) is 0 Å². The Hall–Kier alpha value is -5.50. The first kappa shape index (κ1) is 32.0. The SMILES string of the molecule is O=S(=O)(O)c1ccc(S(=O)(=O)O)c(N=Nc2ccc(O)cc2O)c1.O=[N+]([O-])c1ccc(N=Nc2ccc(O)cc2O)cc1. The maximum atomic E-state index is 11.3. The zero-order valence-electron chi connectivity index (χ0n) is 21.2. The number of hydrogen-bond donors (Lipinski definition) is 6. The molecular formula is C24H19N5O12S2. The number of nitrogens with zero attached hydrogens (tertiary/aromatic N) is 5. The summed E-state index contributed by atoms with van der Waals surface area (Å²) in [7, 11) is -9.39. The minimum Gasteiger partial charge on any atom is -0.508 e. The molecule has 0 atom stereocenters. The first-order valence-corrected chi connectivity index (χ1v) is 14.1. The van der Waals surface area contributed by atoms with Crippen molar-refractivity contribution < 1.29 is 51.3 Å². The van der Waals surface area contributed by atoms with E-state index >= 15 is 0 Å². The highest BCUT2D eigenvalue weighted by atomic mass is 32.2. The molecule has 19 heteroatoms. The molecule has 0 aromatic heterocycles. The molecule has 17 nitrogen and oxygen atoms in total. The fraction of sp³-hybridized carbons (Fsp3) is 0. The number of benzene rings is 4. The zero-order chi connectivity index (χ0) is 31.9. The van der Waals surface area contributed by atoms with Crippen LogP contribution in [0.3, 0.4) is 0 Å². The summed E-state index contributed by atoms with van der Waals surface area (Å²) in [5.41, 5.74) is -0.174. The zero-order valence-corrected chi connectivity index (χ0v) is 22.8. The van der Waals surface area contributed by atoms with Crippen molar-refractivity contribution in [3.63, 3.8) is 0 Å². The largest absolute Gasteiger partial charge is 0.508 e. The Labute approximate surface area is 242 Å². The average molecular weight is 634 g/mol. The van der Waals surface area contributed by atoms with E-state index in [0.29, 0.717) is 11.8 Å². The third kappa shape index (κ3) is 8.99. The van der Waals surface area contributed by atoms with Gasteiger partial charge in [-0.3, -0.25) is 19.2 Å². The van der Waals surface area contributed by atoms with E-state index in [4.69, 9.17) is 19.3 Å². The van der Waals surface area contributed by atoms with Crippen molar-refractivity contribution in [2.75, 3.05) is 0 Å².